The first-order valence-electron chi connectivity index (χ1n) is 7.40. The third-order valence-corrected chi connectivity index (χ3v) is 4.18. The average molecular weight is 287 g/mol. The first kappa shape index (κ1) is 13.9. The highest BCUT2D eigenvalue weighted by atomic mass is 16.5. The number of piperazine rings is 1. The van der Waals surface area contributed by atoms with Crippen LogP contribution in [0.2, 0.25) is 0 Å². The van der Waals surface area contributed by atoms with Crippen molar-refractivity contribution in [3.63, 3.8) is 0 Å². The van der Waals surface area contributed by atoms with Crippen LogP contribution in [-0.4, -0.2) is 60.5 Å². The van der Waals surface area contributed by atoms with Crippen LogP contribution in [0.5, 0.6) is 5.75 Å². The molecule has 0 saturated carbocycles. The van der Waals surface area contributed by atoms with E-state index in [4.69, 9.17) is 4.74 Å². The number of likely N-dealkylation sites (N-methyl/N-ethyl adjacent to an activating group) is 1. The molecule has 1 amide bonds. The second-order valence-corrected chi connectivity index (χ2v) is 5.33. The Hall–Kier alpha value is -2.01. The van der Waals surface area contributed by atoms with Crippen molar-refractivity contribution in [2.24, 2.45) is 0 Å². The van der Waals surface area contributed by atoms with E-state index in [0.29, 0.717) is 5.69 Å². The largest absolute Gasteiger partial charge is 0.495 e. The van der Waals surface area contributed by atoms with Crippen molar-refractivity contribution in [2.75, 3.05) is 39.8 Å². The zero-order valence-electron chi connectivity index (χ0n) is 12.6. The standard InChI is InChI=1S/C16H21N3O2/c1-3-18-7-9-19(10-8-18)16(20)13-11-12-5-4-6-14(21-2)15(12)17-13/h4-6,11,17H,3,7-10H2,1-2H3. The molecule has 1 N–H and O–H groups in total. The van der Waals surface area contributed by atoms with Gasteiger partial charge in [0.25, 0.3) is 5.91 Å². The molecule has 1 aromatic heterocycles. The molecule has 112 valence electrons. The summed E-state index contributed by atoms with van der Waals surface area (Å²) in [4.78, 5) is 20.1. The number of carbonyl (C=O) groups excluding carboxylic acids is 1. The number of ether oxygens (including phenoxy) is 1. The van der Waals surface area contributed by atoms with Crippen LogP contribution in [0.4, 0.5) is 0 Å². The number of H-pyrrole nitrogens is 1. The number of nitrogens with zero attached hydrogens (tertiary/aromatic N) is 2. The molecule has 3 rings (SSSR count). The van der Waals surface area contributed by atoms with Crippen molar-refractivity contribution in [3.05, 3.63) is 30.0 Å². The monoisotopic (exact) mass is 287 g/mol. The van der Waals surface area contributed by atoms with E-state index in [9.17, 15) is 4.79 Å². The van der Waals surface area contributed by atoms with E-state index >= 15 is 0 Å². The molecule has 1 fully saturated rings. The molecule has 0 spiro atoms. The highest BCUT2D eigenvalue weighted by Gasteiger charge is 2.22. The van der Waals surface area contributed by atoms with Crippen LogP contribution < -0.4 is 4.74 Å². The van der Waals surface area contributed by atoms with Gasteiger partial charge in [-0.25, -0.2) is 0 Å². The van der Waals surface area contributed by atoms with Crippen LogP contribution in [0, 0.1) is 0 Å². The fourth-order valence-corrected chi connectivity index (χ4v) is 2.85. The van der Waals surface area contributed by atoms with Gasteiger partial charge < -0.3 is 19.5 Å². The Balaban J connectivity index is 1.82. The van der Waals surface area contributed by atoms with Gasteiger partial charge in [-0.1, -0.05) is 19.1 Å². The summed E-state index contributed by atoms with van der Waals surface area (Å²) in [6.07, 6.45) is 0. The van der Waals surface area contributed by atoms with Gasteiger partial charge in [0.15, 0.2) is 0 Å². The maximum Gasteiger partial charge on any atom is 0.270 e. The molecule has 5 heteroatoms. The van der Waals surface area contributed by atoms with Crippen molar-refractivity contribution < 1.29 is 9.53 Å². The zero-order chi connectivity index (χ0) is 14.8. The Kier molecular flexibility index (Phi) is 3.84. The lowest BCUT2D eigenvalue weighted by Crippen LogP contribution is -2.48. The minimum absolute atomic E-state index is 0.0732. The van der Waals surface area contributed by atoms with Gasteiger partial charge in [-0.05, 0) is 18.7 Å². The maximum absolute atomic E-state index is 12.6. The number of carbonyl (C=O) groups is 1. The molecule has 1 aliphatic rings. The molecule has 1 aliphatic heterocycles. The molecule has 0 radical (unpaired) electrons. The van der Waals surface area contributed by atoms with Gasteiger partial charge in [0, 0.05) is 31.6 Å². The summed E-state index contributed by atoms with van der Waals surface area (Å²) in [6, 6.07) is 7.73. The molecule has 1 saturated heterocycles. The lowest BCUT2D eigenvalue weighted by Gasteiger charge is -2.33. The molecular formula is C16H21N3O2. The molecule has 5 nitrogen and oxygen atoms in total. The van der Waals surface area contributed by atoms with Crippen LogP contribution in [-0.2, 0) is 0 Å². The van der Waals surface area contributed by atoms with E-state index in [-0.39, 0.29) is 5.91 Å². The Morgan fingerprint density at radius 3 is 2.71 bits per heavy atom. The summed E-state index contributed by atoms with van der Waals surface area (Å²) in [6.45, 7) is 6.68. The van der Waals surface area contributed by atoms with Crippen molar-refractivity contribution in [1.29, 1.82) is 0 Å². The van der Waals surface area contributed by atoms with E-state index in [1.165, 1.54) is 0 Å². The topological polar surface area (TPSA) is 48.6 Å². The van der Waals surface area contributed by atoms with Crippen LogP contribution in [0.25, 0.3) is 10.9 Å². The number of rotatable bonds is 3. The van der Waals surface area contributed by atoms with Gasteiger partial charge in [0.1, 0.15) is 11.4 Å². The number of aromatic amines is 1. The van der Waals surface area contributed by atoms with Crippen LogP contribution >= 0.6 is 0 Å². The summed E-state index contributed by atoms with van der Waals surface area (Å²) in [5.74, 6) is 0.839. The maximum atomic E-state index is 12.6. The summed E-state index contributed by atoms with van der Waals surface area (Å²) in [5.41, 5.74) is 1.52. The van der Waals surface area contributed by atoms with E-state index < -0.39 is 0 Å². The molecule has 0 aliphatic carbocycles. The SMILES string of the molecule is CCN1CCN(C(=O)c2cc3cccc(OC)c3[nH]2)CC1. The number of fused-ring (bicyclic) bond motifs is 1. The molecular weight excluding hydrogens is 266 g/mol. The minimum atomic E-state index is 0.0732. The van der Waals surface area contributed by atoms with Crippen LogP contribution in [0.3, 0.4) is 0 Å². The normalized spacial score (nSPS) is 16.4. The van der Waals surface area contributed by atoms with Crippen molar-refractivity contribution in [2.45, 2.75) is 6.92 Å². The molecule has 0 unspecified atom stereocenters. The Morgan fingerprint density at radius 1 is 1.29 bits per heavy atom. The Labute approximate surface area is 124 Å². The fraction of sp³-hybridized carbons (Fsp3) is 0.438. The van der Waals surface area contributed by atoms with E-state index in [1.807, 2.05) is 29.2 Å². The van der Waals surface area contributed by atoms with Gasteiger partial charge in [-0.3, -0.25) is 4.79 Å². The van der Waals surface area contributed by atoms with Gasteiger partial charge in [-0.15, -0.1) is 0 Å². The second kappa shape index (κ2) is 5.77. The van der Waals surface area contributed by atoms with Gasteiger partial charge in [0.2, 0.25) is 0 Å². The fourth-order valence-electron chi connectivity index (χ4n) is 2.85. The molecule has 21 heavy (non-hydrogen) atoms. The van der Waals surface area contributed by atoms with Crippen molar-refractivity contribution >= 4 is 16.8 Å². The summed E-state index contributed by atoms with van der Waals surface area (Å²) >= 11 is 0. The van der Waals surface area contributed by atoms with E-state index in [1.54, 1.807) is 7.11 Å². The molecule has 0 bridgehead atoms. The highest BCUT2D eigenvalue weighted by molar-refractivity contribution is 5.99. The molecule has 2 aromatic rings. The van der Waals surface area contributed by atoms with Crippen LogP contribution in [0.1, 0.15) is 17.4 Å². The smallest absolute Gasteiger partial charge is 0.270 e. The van der Waals surface area contributed by atoms with E-state index in [0.717, 1.165) is 49.4 Å². The third-order valence-electron chi connectivity index (χ3n) is 4.18. The highest BCUT2D eigenvalue weighted by Crippen LogP contribution is 2.25. The summed E-state index contributed by atoms with van der Waals surface area (Å²) in [5, 5.41) is 1.00. The van der Waals surface area contributed by atoms with Gasteiger partial charge in [-0.2, -0.15) is 0 Å². The number of nitrogens with one attached hydrogen (secondary N) is 1. The first-order chi connectivity index (χ1) is 10.2. The quantitative estimate of drug-likeness (QED) is 0.938. The minimum Gasteiger partial charge on any atom is -0.495 e. The van der Waals surface area contributed by atoms with Crippen molar-refractivity contribution in [3.8, 4) is 5.75 Å². The lowest BCUT2D eigenvalue weighted by molar-refractivity contribution is 0.0638. The number of para-hydroxylation sites is 1. The molecule has 0 atom stereocenters. The van der Waals surface area contributed by atoms with Gasteiger partial charge >= 0.3 is 0 Å². The average Bonchev–Trinajstić information content (AvgIpc) is 2.98. The van der Waals surface area contributed by atoms with Gasteiger partial charge in [0.05, 0.1) is 12.6 Å². The summed E-state index contributed by atoms with van der Waals surface area (Å²) < 4.78 is 5.33. The molecule has 1 aromatic carbocycles. The Bertz CT molecular complexity index is 642. The predicted octanol–water partition coefficient (Wildman–Crippen LogP) is 1.95. The number of hydrogen-bond acceptors (Lipinski definition) is 3. The number of hydrogen-bond donors (Lipinski definition) is 1. The van der Waals surface area contributed by atoms with E-state index in [2.05, 4.69) is 16.8 Å². The summed E-state index contributed by atoms with van der Waals surface area (Å²) in [7, 11) is 1.64. The van der Waals surface area contributed by atoms with Crippen molar-refractivity contribution in [1.82, 2.24) is 14.8 Å². The number of benzene rings is 1. The second-order valence-electron chi connectivity index (χ2n) is 5.33. The van der Waals surface area contributed by atoms with Crippen LogP contribution in [0.15, 0.2) is 24.3 Å². The third kappa shape index (κ3) is 2.61. The predicted molar refractivity (Wildman–Crippen MR) is 82.9 cm³/mol. The first-order valence-corrected chi connectivity index (χ1v) is 7.40. The lowest BCUT2D eigenvalue weighted by atomic mass is 10.2. The Morgan fingerprint density at radius 2 is 2.05 bits per heavy atom. The number of aromatic nitrogens is 1. The zero-order valence-corrected chi connectivity index (χ0v) is 12.6. The number of methoxy groups -OCH3 is 1. The molecule has 2 heterocycles. The number of amides is 1.